The van der Waals surface area contributed by atoms with Crippen LogP contribution >= 0.6 is 23.4 Å². The number of benzene rings is 1. The smallest absolute Gasteiger partial charge is 0.251 e. The van der Waals surface area contributed by atoms with Gasteiger partial charge >= 0.3 is 0 Å². The summed E-state index contributed by atoms with van der Waals surface area (Å²) in [6.07, 6.45) is 1.98. The highest BCUT2D eigenvalue weighted by Crippen LogP contribution is 2.24. The minimum Gasteiger partial charge on any atom is -0.379 e. The van der Waals surface area contributed by atoms with Crippen molar-refractivity contribution in [2.45, 2.75) is 30.7 Å². The van der Waals surface area contributed by atoms with E-state index < -0.39 is 0 Å². The first kappa shape index (κ1) is 24.8. The van der Waals surface area contributed by atoms with Gasteiger partial charge in [0, 0.05) is 50.6 Å². The van der Waals surface area contributed by atoms with Crippen molar-refractivity contribution in [1.82, 2.24) is 20.2 Å². The Balaban J connectivity index is 1.44. The molecule has 174 valence electrons. The molecule has 0 aliphatic carbocycles. The highest BCUT2D eigenvalue weighted by atomic mass is 35.5. The number of aromatic nitrogens is 2. The summed E-state index contributed by atoms with van der Waals surface area (Å²) in [7, 11) is 2.00. The molecule has 1 aliphatic heterocycles. The molecular formula is C23H32ClN5O2S. The van der Waals surface area contributed by atoms with Gasteiger partial charge < -0.3 is 15.0 Å². The maximum absolute atomic E-state index is 12.4. The van der Waals surface area contributed by atoms with Crippen molar-refractivity contribution >= 4 is 35.1 Å². The fraction of sp³-hybridized carbons (Fsp3) is 0.522. The molecule has 0 unspecified atom stereocenters. The van der Waals surface area contributed by atoms with Crippen molar-refractivity contribution in [3.63, 3.8) is 0 Å². The molecule has 9 heteroatoms. The van der Waals surface area contributed by atoms with Crippen LogP contribution in [0.2, 0.25) is 5.15 Å². The molecule has 7 nitrogen and oxygen atoms in total. The number of halogens is 1. The standard InChI is InChI=1S/C23H32ClN5O2S/c1-3-10-28(2)21-16-20(24)26-23(27-21)32-17-18-5-7-19(8-6-18)22(30)25-9-4-11-29-12-14-31-15-13-29/h5-8,16H,3-4,9-15,17H2,1-2H3,(H,25,30). The van der Waals surface area contributed by atoms with E-state index in [0.29, 0.717) is 28.2 Å². The van der Waals surface area contributed by atoms with E-state index in [4.69, 9.17) is 16.3 Å². The Morgan fingerprint density at radius 3 is 2.72 bits per heavy atom. The zero-order chi connectivity index (χ0) is 22.8. The van der Waals surface area contributed by atoms with Gasteiger partial charge in [-0.1, -0.05) is 42.4 Å². The van der Waals surface area contributed by atoms with E-state index in [1.165, 1.54) is 11.8 Å². The van der Waals surface area contributed by atoms with Crippen LogP contribution in [-0.2, 0) is 10.5 Å². The Hall–Kier alpha value is -1.87. The molecule has 0 spiro atoms. The Kier molecular flexibility index (Phi) is 10.1. The molecule has 1 fully saturated rings. The van der Waals surface area contributed by atoms with Crippen molar-refractivity contribution in [3.8, 4) is 0 Å². The molecular weight excluding hydrogens is 446 g/mol. The minimum absolute atomic E-state index is 0.0343. The number of rotatable bonds is 11. The van der Waals surface area contributed by atoms with Crippen LogP contribution in [0.5, 0.6) is 0 Å². The molecule has 1 aromatic heterocycles. The highest BCUT2D eigenvalue weighted by molar-refractivity contribution is 7.98. The lowest BCUT2D eigenvalue weighted by Crippen LogP contribution is -2.38. The summed E-state index contributed by atoms with van der Waals surface area (Å²) in [6.45, 7) is 8.26. The number of nitrogens with zero attached hydrogens (tertiary/aromatic N) is 4. The number of amides is 1. The van der Waals surface area contributed by atoms with Crippen LogP contribution in [0.3, 0.4) is 0 Å². The largest absolute Gasteiger partial charge is 0.379 e. The Labute approximate surface area is 199 Å². The van der Waals surface area contributed by atoms with Crippen molar-refractivity contribution in [2.24, 2.45) is 0 Å². The average molecular weight is 478 g/mol. The lowest BCUT2D eigenvalue weighted by molar-refractivity contribution is 0.0374. The number of morpholine rings is 1. The van der Waals surface area contributed by atoms with E-state index in [0.717, 1.165) is 63.6 Å². The molecule has 1 aliphatic rings. The molecule has 1 aromatic carbocycles. The van der Waals surface area contributed by atoms with Gasteiger partial charge in [-0.2, -0.15) is 0 Å². The Bertz CT molecular complexity index is 862. The van der Waals surface area contributed by atoms with Gasteiger partial charge in [0.2, 0.25) is 0 Å². The molecule has 1 saturated heterocycles. The predicted octanol–water partition coefficient (Wildman–Crippen LogP) is 3.72. The van der Waals surface area contributed by atoms with Gasteiger partial charge in [-0.3, -0.25) is 9.69 Å². The normalized spacial score (nSPS) is 14.3. The molecule has 3 rings (SSSR count). The van der Waals surface area contributed by atoms with Gasteiger partial charge in [0.05, 0.1) is 13.2 Å². The number of thioether (sulfide) groups is 1. The fourth-order valence-corrected chi connectivity index (χ4v) is 4.46. The van der Waals surface area contributed by atoms with Crippen molar-refractivity contribution in [3.05, 3.63) is 46.6 Å². The summed E-state index contributed by atoms with van der Waals surface area (Å²) < 4.78 is 5.36. The summed E-state index contributed by atoms with van der Waals surface area (Å²) >= 11 is 7.72. The summed E-state index contributed by atoms with van der Waals surface area (Å²) in [5, 5.41) is 4.10. The third-order valence-corrected chi connectivity index (χ3v) is 6.35. The first-order chi connectivity index (χ1) is 15.5. The number of ether oxygens (including phenoxy) is 1. The SMILES string of the molecule is CCCN(C)c1cc(Cl)nc(SCc2ccc(C(=O)NCCCN3CCOCC3)cc2)n1. The molecule has 32 heavy (non-hydrogen) atoms. The van der Waals surface area contributed by atoms with Crippen LogP contribution in [0.1, 0.15) is 35.7 Å². The molecule has 1 amide bonds. The lowest BCUT2D eigenvalue weighted by atomic mass is 10.1. The van der Waals surface area contributed by atoms with Crippen LogP contribution in [0.15, 0.2) is 35.5 Å². The van der Waals surface area contributed by atoms with Gasteiger partial charge in [-0.05, 0) is 37.1 Å². The zero-order valence-corrected chi connectivity index (χ0v) is 20.4. The van der Waals surface area contributed by atoms with Crippen molar-refractivity contribution < 1.29 is 9.53 Å². The Morgan fingerprint density at radius 1 is 1.25 bits per heavy atom. The van der Waals surface area contributed by atoms with Crippen LogP contribution in [-0.4, -0.2) is 73.8 Å². The second kappa shape index (κ2) is 13.0. The first-order valence-corrected chi connectivity index (χ1v) is 12.5. The third kappa shape index (κ3) is 7.92. The molecule has 2 heterocycles. The number of carbonyl (C=O) groups excluding carboxylic acids is 1. The number of anilines is 1. The van der Waals surface area contributed by atoms with Gasteiger partial charge in [0.1, 0.15) is 11.0 Å². The maximum atomic E-state index is 12.4. The summed E-state index contributed by atoms with van der Waals surface area (Å²) in [5.41, 5.74) is 1.78. The molecule has 0 saturated carbocycles. The minimum atomic E-state index is -0.0343. The number of hydrogen-bond donors (Lipinski definition) is 1. The summed E-state index contributed by atoms with van der Waals surface area (Å²) in [6, 6.07) is 9.48. The highest BCUT2D eigenvalue weighted by Gasteiger charge is 2.11. The number of hydrogen-bond acceptors (Lipinski definition) is 7. The van der Waals surface area contributed by atoms with E-state index in [2.05, 4.69) is 32.0 Å². The average Bonchev–Trinajstić information content (AvgIpc) is 2.81. The van der Waals surface area contributed by atoms with Gasteiger partial charge in [0.15, 0.2) is 5.16 Å². The monoisotopic (exact) mass is 477 g/mol. The molecule has 0 bridgehead atoms. The summed E-state index contributed by atoms with van der Waals surface area (Å²) in [4.78, 5) is 25.8. The second-order valence-corrected chi connectivity index (χ2v) is 9.13. The van der Waals surface area contributed by atoms with Crippen LogP contribution < -0.4 is 10.2 Å². The van der Waals surface area contributed by atoms with E-state index in [1.807, 2.05) is 31.3 Å². The first-order valence-electron chi connectivity index (χ1n) is 11.1. The van der Waals surface area contributed by atoms with Crippen molar-refractivity contribution in [2.75, 3.05) is 57.9 Å². The van der Waals surface area contributed by atoms with Crippen LogP contribution in [0.25, 0.3) is 0 Å². The maximum Gasteiger partial charge on any atom is 0.251 e. The quantitative estimate of drug-likeness (QED) is 0.229. The zero-order valence-electron chi connectivity index (χ0n) is 18.8. The van der Waals surface area contributed by atoms with Gasteiger partial charge in [-0.15, -0.1) is 0 Å². The van der Waals surface area contributed by atoms with E-state index in [1.54, 1.807) is 6.07 Å². The topological polar surface area (TPSA) is 70.6 Å². The lowest BCUT2D eigenvalue weighted by Gasteiger charge is -2.26. The molecule has 2 aromatic rings. The van der Waals surface area contributed by atoms with Gasteiger partial charge in [-0.25, -0.2) is 9.97 Å². The third-order valence-electron chi connectivity index (χ3n) is 5.24. The second-order valence-electron chi connectivity index (χ2n) is 7.80. The van der Waals surface area contributed by atoms with E-state index in [-0.39, 0.29) is 5.91 Å². The molecule has 0 radical (unpaired) electrons. The molecule has 0 atom stereocenters. The van der Waals surface area contributed by atoms with Gasteiger partial charge in [0.25, 0.3) is 5.91 Å². The number of nitrogens with one attached hydrogen (secondary N) is 1. The fourth-order valence-electron chi connectivity index (χ4n) is 3.43. The Morgan fingerprint density at radius 2 is 2.00 bits per heavy atom. The summed E-state index contributed by atoms with van der Waals surface area (Å²) in [5.74, 6) is 1.50. The van der Waals surface area contributed by atoms with E-state index in [9.17, 15) is 4.79 Å². The van der Waals surface area contributed by atoms with Crippen LogP contribution in [0.4, 0.5) is 5.82 Å². The predicted molar refractivity (Wildman–Crippen MR) is 131 cm³/mol. The molecule has 1 N–H and O–H groups in total. The van der Waals surface area contributed by atoms with E-state index >= 15 is 0 Å². The van der Waals surface area contributed by atoms with Crippen molar-refractivity contribution in [1.29, 1.82) is 0 Å². The van der Waals surface area contributed by atoms with Crippen LogP contribution in [0, 0.1) is 0 Å². The number of carbonyl (C=O) groups is 1.